The molecule has 0 unspecified atom stereocenters. The molecule has 0 saturated carbocycles. The van der Waals surface area contributed by atoms with Crippen LogP contribution in [-0.2, 0) is 16.1 Å². The van der Waals surface area contributed by atoms with Crippen molar-refractivity contribution in [3.63, 3.8) is 0 Å². The largest absolute Gasteiger partial charge is 0.493 e. The third-order valence-corrected chi connectivity index (χ3v) is 2.96. The first-order valence-electron chi connectivity index (χ1n) is 6.77. The zero-order valence-electron chi connectivity index (χ0n) is 12.6. The first kappa shape index (κ1) is 15.7. The van der Waals surface area contributed by atoms with Gasteiger partial charge in [0.25, 0.3) is 0 Å². The molecule has 0 bridgehead atoms. The summed E-state index contributed by atoms with van der Waals surface area (Å²) in [5.41, 5.74) is 1.07. The second kappa shape index (κ2) is 7.93. The Kier molecular flexibility index (Phi) is 5.65. The standard InChI is InChI=1S/C17H18O5/c1-19-16-10-14(21-12-17(18)20-2)8-9-15(16)22-11-13-6-4-3-5-7-13/h3-10H,11-12H2,1-2H3. The highest BCUT2D eigenvalue weighted by Crippen LogP contribution is 2.31. The molecular formula is C17H18O5. The van der Waals surface area contributed by atoms with E-state index in [4.69, 9.17) is 14.2 Å². The SMILES string of the molecule is COC(=O)COc1ccc(OCc2ccccc2)c(OC)c1. The van der Waals surface area contributed by atoms with Gasteiger partial charge in [0, 0.05) is 6.07 Å². The van der Waals surface area contributed by atoms with E-state index in [0.29, 0.717) is 23.9 Å². The van der Waals surface area contributed by atoms with E-state index in [-0.39, 0.29) is 6.61 Å². The van der Waals surface area contributed by atoms with Crippen LogP contribution >= 0.6 is 0 Å². The van der Waals surface area contributed by atoms with Crippen LogP contribution in [0.2, 0.25) is 0 Å². The van der Waals surface area contributed by atoms with Crippen molar-refractivity contribution in [3.8, 4) is 17.2 Å². The highest BCUT2D eigenvalue weighted by molar-refractivity contribution is 5.70. The number of carbonyl (C=O) groups is 1. The smallest absolute Gasteiger partial charge is 0.343 e. The van der Waals surface area contributed by atoms with Gasteiger partial charge in [0.05, 0.1) is 14.2 Å². The summed E-state index contributed by atoms with van der Waals surface area (Å²) < 4.78 is 20.9. The maximum atomic E-state index is 11.1. The van der Waals surface area contributed by atoms with Crippen LogP contribution < -0.4 is 14.2 Å². The third kappa shape index (κ3) is 4.41. The summed E-state index contributed by atoms with van der Waals surface area (Å²) >= 11 is 0. The first-order valence-corrected chi connectivity index (χ1v) is 6.77. The Labute approximate surface area is 129 Å². The minimum atomic E-state index is -0.441. The lowest BCUT2D eigenvalue weighted by atomic mass is 10.2. The van der Waals surface area contributed by atoms with E-state index in [9.17, 15) is 4.79 Å². The molecule has 2 rings (SSSR count). The van der Waals surface area contributed by atoms with E-state index in [2.05, 4.69) is 4.74 Å². The van der Waals surface area contributed by atoms with E-state index >= 15 is 0 Å². The number of ether oxygens (including phenoxy) is 4. The number of hydrogen-bond acceptors (Lipinski definition) is 5. The fraction of sp³-hybridized carbons (Fsp3) is 0.235. The first-order chi connectivity index (χ1) is 10.7. The molecule has 0 atom stereocenters. The topological polar surface area (TPSA) is 54.0 Å². The maximum Gasteiger partial charge on any atom is 0.343 e. The molecule has 5 heteroatoms. The van der Waals surface area contributed by atoms with Crippen LogP contribution in [0.5, 0.6) is 17.2 Å². The van der Waals surface area contributed by atoms with Gasteiger partial charge in [-0.1, -0.05) is 30.3 Å². The van der Waals surface area contributed by atoms with Crippen LogP contribution in [0, 0.1) is 0 Å². The lowest BCUT2D eigenvalue weighted by molar-refractivity contribution is -0.142. The molecule has 0 heterocycles. The maximum absolute atomic E-state index is 11.1. The van der Waals surface area contributed by atoms with Crippen LogP contribution in [-0.4, -0.2) is 26.8 Å². The molecule has 5 nitrogen and oxygen atoms in total. The fourth-order valence-electron chi connectivity index (χ4n) is 1.79. The van der Waals surface area contributed by atoms with E-state index < -0.39 is 5.97 Å². The van der Waals surface area contributed by atoms with Gasteiger partial charge >= 0.3 is 5.97 Å². The molecule has 0 saturated heterocycles. The van der Waals surface area contributed by atoms with Crippen molar-refractivity contribution in [2.24, 2.45) is 0 Å². The highest BCUT2D eigenvalue weighted by atomic mass is 16.6. The van der Waals surface area contributed by atoms with Gasteiger partial charge in [0.2, 0.25) is 0 Å². The van der Waals surface area contributed by atoms with Crippen LogP contribution in [0.15, 0.2) is 48.5 Å². The Bertz CT molecular complexity index is 610. The zero-order chi connectivity index (χ0) is 15.8. The molecule has 0 aliphatic heterocycles. The van der Waals surface area contributed by atoms with Gasteiger partial charge in [-0.05, 0) is 17.7 Å². The predicted octanol–water partition coefficient (Wildman–Crippen LogP) is 2.83. The number of benzene rings is 2. The van der Waals surface area contributed by atoms with Crippen LogP contribution in [0.1, 0.15) is 5.56 Å². The summed E-state index contributed by atoms with van der Waals surface area (Å²) in [6.45, 7) is 0.295. The quantitative estimate of drug-likeness (QED) is 0.736. The van der Waals surface area contributed by atoms with Crippen molar-refractivity contribution in [2.75, 3.05) is 20.8 Å². The molecule has 116 valence electrons. The zero-order valence-corrected chi connectivity index (χ0v) is 12.6. The molecule has 0 spiro atoms. The molecule has 0 N–H and O–H groups in total. The van der Waals surface area contributed by atoms with Gasteiger partial charge in [-0.3, -0.25) is 0 Å². The summed E-state index contributed by atoms with van der Waals surface area (Å²) in [4.78, 5) is 11.1. The summed E-state index contributed by atoms with van der Waals surface area (Å²) in [6.07, 6.45) is 0. The second-order valence-electron chi connectivity index (χ2n) is 4.45. The van der Waals surface area contributed by atoms with Gasteiger partial charge in [0.15, 0.2) is 18.1 Å². The van der Waals surface area contributed by atoms with Crippen molar-refractivity contribution < 1.29 is 23.7 Å². The number of hydrogen-bond donors (Lipinski definition) is 0. The van der Waals surface area contributed by atoms with Crippen molar-refractivity contribution in [1.29, 1.82) is 0 Å². The van der Waals surface area contributed by atoms with E-state index in [1.54, 1.807) is 25.3 Å². The number of carbonyl (C=O) groups excluding carboxylic acids is 1. The lowest BCUT2D eigenvalue weighted by Gasteiger charge is -2.12. The van der Waals surface area contributed by atoms with Crippen LogP contribution in [0.4, 0.5) is 0 Å². The molecule has 0 amide bonds. The average molecular weight is 302 g/mol. The fourth-order valence-corrected chi connectivity index (χ4v) is 1.79. The van der Waals surface area contributed by atoms with E-state index in [1.165, 1.54) is 7.11 Å². The molecule has 0 aromatic heterocycles. The number of methoxy groups -OCH3 is 2. The van der Waals surface area contributed by atoms with Crippen molar-refractivity contribution in [2.45, 2.75) is 6.61 Å². The highest BCUT2D eigenvalue weighted by Gasteiger charge is 2.08. The summed E-state index contributed by atoms with van der Waals surface area (Å²) in [5.74, 6) is 1.22. The average Bonchev–Trinajstić information content (AvgIpc) is 2.58. The Hall–Kier alpha value is -2.69. The lowest BCUT2D eigenvalue weighted by Crippen LogP contribution is -2.12. The number of esters is 1. The molecule has 22 heavy (non-hydrogen) atoms. The third-order valence-electron chi connectivity index (χ3n) is 2.96. The number of rotatable bonds is 7. The van der Waals surface area contributed by atoms with Gasteiger partial charge < -0.3 is 18.9 Å². The van der Waals surface area contributed by atoms with Gasteiger partial charge in [-0.2, -0.15) is 0 Å². The molecular weight excluding hydrogens is 284 g/mol. The molecule has 2 aromatic rings. The predicted molar refractivity (Wildman–Crippen MR) is 81.3 cm³/mol. The molecule has 2 aromatic carbocycles. The Morgan fingerprint density at radius 1 is 0.955 bits per heavy atom. The monoisotopic (exact) mass is 302 g/mol. The summed E-state index contributed by atoms with van der Waals surface area (Å²) in [6, 6.07) is 15.0. The Morgan fingerprint density at radius 3 is 2.41 bits per heavy atom. The molecule has 0 aliphatic rings. The minimum absolute atomic E-state index is 0.149. The Morgan fingerprint density at radius 2 is 1.73 bits per heavy atom. The van der Waals surface area contributed by atoms with Gasteiger partial charge in [-0.15, -0.1) is 0 Å². The van der Waals surface area contributed by atoms with E-state index in [1.807, 2.05) is 30.3 Å². The van der Waals surface area contributed by atoms with Crippen LogP contribution in [0.25, 0.3) is 0 Å². The normalized spacial score (nSPS) is 9.91. The van der Waals surface area contributed by atoms with Gasteiger partial charge in [-0.25, -0.2) is 4.79 Å². The van der Waals surface area contributed by atoms with Crippen LogP contribution in [0.3, 0.4) is 0 Å². The van der Waals surface area contributed by atoms with E-state index in [0.717, 1.165) is 5.56 Å². The summed E-state index contributed by atoms with van der Waals surface area (Å²) in [7, 11) is 2.86. The molecule has 0 radical (unpaired) electrons. The summed E-state index contributed by atoms with van der Waals surface area (Å²) in [5, 5.41) is 0. The van der Waals surface area contributed by atoms with Gasteiger partial charge in [0.1, 0.15) is 12.4 Å². The molecule has 0 fully saturated rings. The van der Waals surface area contributed by atoms with Crippen molar-refractivity contribution in [1.82, 2.24) is 0 Å². The Balaban J connectivity index is 2.01. The van der Waals surface area contributed by atoms with Crippen molar-refractivity contribution >= 4 is 5.97 Å². The molecule has 0 aliphatic carbocycles. The minimum Gasteiger partial charge on any atom is -0.493 e. The second-order valence-corrected chi connectivity index (χ2v) is 4.45. The van der Waals surface area contributed by atoms with Crippen molar-refractivity contribution in [3.05, 3.63) is 54.1 Å².